The number of hydrogen-bond acceptors (Lipinski definition) is 4. The highest BCUT2D eigenvalue weighted by molar-refractivity contribution is 5.87. The van der Waals surface area contributed by atoms with Gasteiger partial charge >= 0.3 is 5.97 Å². The molecular formula is C15H19NO5. The Morgan fingerprint density at radius 2 is 2.19 bits per heavy atom. The van der Waals surface area contributed by atoms with Crippen LogP contribution in [0.25, 0.3) is 0 Å². The van der Waals surface area contributed by atoms with Gasteiger partial charge in [0.15, 0.2) is 5.54 Å². The van der Waals surface area contributed by atoms with E-state index in [1.165, 1.54) is 0 Å². The Morgan fingerprint density at radius 1 is 1.43 bits per heavy atom. The van der Waals surface area contributed by atoms with Crippen molar-refractivity contribution in [2.45, 2.75) is 24.8 Å². The molecule has 1 aliphatic rings. The van der Waals surface area contributed by atoms with Gasteiger partial charge in [-0.1, -0.05) is 18.2 Å². The lowest BCUT2D eigenvalue weighted by Gasteiger charge is -2.23. The van der Waals surface area contributed by atoms with Gasteiger partial charge in [-0.15, -0.1) is 0 Å². The fraction of sp³-hybridized carbons (Fsp3) is 0.467. The Balaban J connectivity index is 1.94. The monoisotopic (exact) mass is 293 g/mol. The number of amides is 1. The van der Waals surface area contributed by atoms with Crippen molar-refractivity contribution >= 4 is 11.9 Å². The van der Waals surface area contributed by atoms with Crippen LogP contribution in [0.4, 0.5) is 0 Å². The molecule has 2 N–H and O–H groups in total. The number of carbonyl (C=O) groups excluding carboxylic acids is 1. The Labute approximate surface area is 123 Å². The largest absolute Gasteiger partial charge is 0.496 e. The highest BCUT2D eigenvalue weighted by Crippen LogP contribution is 2.21. The van der Waals surface area contributed by atoms with Crippen LogP contribution in [0, 0.1) is 0 Å². The average molecular weight is 293 g/mol. The van der Waals surface area contributed by atoms with E-state index in [1.54, 1.807) is 7.11 Å². The zero-order valence-corrected chi connectivity index (χ0v) is 11.9. The minimum Gasteiger partial charge on any atom is -0.496 e. The predicted octanol–water partition coefficient (Wildman–Crippen LogP) is 0.988. The van der Waals surface area contributed by atoms with E-state index in [-0.39, 0.29) is 18.9 Å². The second-order valence-corrected chi connectivity index (χ2v) is 5.05. The number of carboxylic acid groups (broad SMARTS) is 1. The SMILES string of the molecule is COc1ccccc1CCC(=O)NC1(C(=O)O)CCOC1. The summed E-state index contributed by atoms with van der Waals surface area (Å²) in [4.78, 5) is 23.3. The number of para-hydroxylation sites is 1. The summed E-state index contributed by atoms with van der Waals surface area (Å²) >= 11 is 0. The van der Waals surface area contributed by atoms with Gasteiger partial charge in [0.25, 0.3) is 0 Å². The van der Waals surface area contributed by atoms with Crippen LogP contribution in [-0.2, 0) is 20.7 Å². The Kier molecular flexibility index (Phi) is 4.80. The fourth-order valence-corrected chi connectivity index (χ4v) is 2.37. The van der Waals surface area contributed by atoms with E-state index >= 15 is 0 Å². The van der Waals surface area contributed by atoms with Crippen LogP contribution in [-0.4, -0.2) is 42.8 Å². The highest BCUT2D eigenvalue weighted by atomic mass is 16.5. The number of carbonyl (C=O) groups is 2. The quantitative estimate of drug-likeness (QED) is 0.817. The number of nitrogens with one attached hydrogen (secondary N) is 1. The number of benzene rings is 1. The molecule has 0 saturated carbocycles. The number of carboxylic acids is 1. The zero-order chi connectivity index (χ0) is 15.3. The van der Waals surface area contributed by atoms with Gasteiger partial charge in [0, 0.05) is 19.4 Å². The van der Waals surface area contributed by atoms with Gasteiger partial charge in [0.1, 0.15) is 5.75 Å². The minimum absolute atomic E-state index is 0.0166. The van der Waals surface area contributed by atoms with Gasteiger partial charge in [-0.05, 0) is 18.1 Å². The molecule has 114 valence electrons. The first-order valence-corrected chi connectivity index (χ1v) is 6.81. The first kappa shape index (κ1) is 15.3. The van der Waals surface area contributed by atoms with Crippen molar-refractivity contribution in [3.05, 3.63) is 29.8 Å². The lowest BCUT2D eigenvalue weighted by atomic mass is 9.98. The van der Waals surface area contributed by atoms with E-state index in [0.29, 0.717) is 19.4 Å². The van der Waals surface area contributed by atoms with Crippen molar-refractivity contribution in [2.75, 3.05) is 20.3 Å². The van der Waals surface area contributed by atoms with Gasteiger partial charge in [-0.3, -0.25) is 4.79 Å². The summed E-state index contributed by atoms with van der Waals surface area (Å²) < 4.78 is 10.3. The van der Waals surface area contributed by atoms with Crippen molar-refractivity contribution in [2.24, 2.45) is 0 Å². The van der Waals surface area contributed by atoms with E-state index in [2.05, 4.69) is 5.32 Å². The molecule has 1 saturated heterocycles. The summed E-state index contributed by atoms with van der Waals surface area (Å²) in [7, 11) is 1.58. The molecule has 1 amide bonds. The molecule has 1 aromatic carbocycles. The molecule has 2 rings (SSSR count). The maximum atomic E-state index is 12.0. The lowest BCUT2D eigenvalue weighted by molar-refractivity contribution is -0.147. The number of rotatable bonds is 6. The molecule has 0 aromatic heterocycles. The number of aryl methyl sites for hydroxylation is 1. The van der Waals surface area contributed by atoms with Crippen molar-refractivity contribution < 1.29 is 24.2 Å². The Hall–Kier alpha value is -2.08. The van der Waals surface area contributed by atoms with Crippen LogP contribution >= 0.6 is 0 Å². The second kappa shape index (κ2) is 6.58. The summed E-state index contributed by atoms with van der Waals surface area (Å²) in [6.45, 7) is 0.363. The normalized spacial score (nSPS) is 21.0. The molecule has 0 spiro atoms. The maximum absolute atomic E-state index is 12.0. The molecule has 1 fully saturated rings. The number of aliphatic carboxylic acids is 1. The van der Waals surface area contributed by atoms with Crippen LogP contribution in [0.1, 0.15) is 18.4 Å². The smallest absolute Gasteiger partial charge is 0.331 e. The third kappa shape index (κ3) is 3.52. The van der Waals surface area contributed by atoms with E-state index in [1.807, 2.05) is 24.3 Å². The van der Waals surface area contributed by atoms with Gasteiger partial charge in [0.05, 0.1) is 13.7 Å². The molecule has 1 unspecified atom stereocenters. The third-order valence-corrected chi connectivity index (χ3v) is 3.62. The fourth-order valence-electron chi connectivity index (χ4n) is 2.37. The molecular weight excluding hydrogens is 274 g/mol. The van der Waals surface area contributed by atoms with Crippen molar-refractivity contribution in [3.8, 4) is 5.75 Å². The molecule has 6 heteroatoms. The average Bonchev–Trinajstić information content (AvgIpc) is 2.95. The van der Waals surface area contributed by atoms with Crippen molar-refractivity contribution in [1.82, 2.24) is 5.32 Å². The number of ether oxygens (including phenoxy) is 2. The van der Waals surface area contributed by atoms with Gasteiger partial charge < -0.3 is 19.9 Å². The lowest BCUT2D eigenvalue weighted by Crippen LogP contribution is -2.55. The maximum Gasteiger partial charge on any atom is 0.331 e. The zero-order valence-electron chi connectivity index (χ0n) is 11.9. The van der Waals surface area contributed by atoms with Crippen molar-refractivity contribution in [3.63, 3.8) is 0 Å². The van der Waals surface area contributed by atoms with Crippen LogP contribution in [0.5, 0.6) is 5.75 Å². The molecule has 1 atom stereocenters. The first-order chi connectivity index (χ1) is 10.1. The third-order valence-electron chi connectivity index (χ3n) is 3.62. The summed E-state index contributed by atoms with van der Waals surface area (Å²) in [5, 5.41) is 11.9. The molecule has 0 aliphatic carbocycles. The predicted molar refractivity (Wildman–Crippen MR) is 75.3 cm³/mol. The van der Waals surface area contributed by atoms with Crippen LogP contribution in [0.2, 0.25) is 0 Å². The van der Waals surface area contributed by atoms with Gasteiger partial charge in [0.2, 0.25) is 5.91 Å². The summed E-state index contributed by atoms with van der Waals surface area (Å²) in [6.07, 6.45) is 0.991. The van der Waals surface area contributed by atoms with Crippen LogP contribution in [0.15, 0.2) is 24.3 Å². The molecule has 21 heavy (non-hydrogen) atoms. The number of methoxy groups -OCH3 is 1. The summed E-state index contributed by atoms with van der Waals surface area (Å²) in [6, 6.07) is 7.45. The topological polar surface area (TPSA) is 84.9 Å². The van der Waals surface area contributed by atoms with E-state index < -0.39 is 11.5 Å². The van der Waals surface area contributed by atoms with Crippen molar-refractivity contribution in [1.29, 1.82) is 0 Å². The molecule has 1 heterocycles. The molecule has 0 radical (unpaired) electrons. The van der Waals surface area contributed by atoms with Crippen LogP contribution in [0.3, 0.4) is 0 Å². The van der Waals surface area contributed by atoms with E-state index in [4.69, 9.17) is 9.47 Å². The highest BCUT2D eigenvalue weighted by Gasteiger charge is 2.43. The summed E-state index contributed by atoms with van der Waals surface area (Å²) in [5.74, 6) is -0.623. The molecule has 1 aromatic rings. The van der Waals surface area contributed by atoms with Crippen LogP contribution < -0.4 is 10.1 Å². The van der Waals surface area contributed by atoms with Gasteiger partial charge in [-0.25, -0.2) is 4.79 Å². The molecule has 6 nitrogen and oxygen atoms in total. The molecule has 0 bridgehead atoms. The second-order valence-electron chi connectivity index (χ2n) is 5.05. The molecule has 1 aliphatic heterocycles. The first-order valence-electron chi connectivity index (χ1n) is 6.81. The Bertz CT molecular complexity index is 523. The summed E-state index contributed by atoms with van der Waals surface area (Å²) in [5.41, 5.74) is -0.361. The minimum atomic E-state index is -1.28. The number of hydrogen-bond donors (Lipinski definition) is 2. The van der Waals surface area contributed by atoms with Gasteiger partial charge in [-0.2, -0.15) is 0 Å². The standard InChI is InChI=1S/C15H19NO5/c1-20-12-5-3-2-4-11(12)6-7-13(17)16-15(14(18)19)8-9-21-10-15/h2-5H,6-10H2,1H3,(H,16,17)(H,18,19). The van der Waals surface area contributed by atoms with E-state index in [0.717, 1.165) is 11.3 Å². The van der Waals surface area contributed by atoms with E-state index in [9.17, 15) is 14.7 Å². The Morgan fingerprint density at radius 3 is 2.81 bits per heavy atom.